The number of hydrogen-bond acceptors (Lipinski definition) is 4. The van der Waals surface area contributed by atoms with E-state index in [1.807, 2.05) is 42.5 Å². The summed E-state index contributed by atoms with van der Waals surface area (Å²) < 4.78 is 11.8. The topological polar surface area (TPSA) is 55.8 Å². The van der Waals surface area contributed by atoms with Gasteiger partial charge >= 0.3 is 0 Å². The Labute approximate surface area is 168 Å². The summed E-state index contributed by atoms with van der Waals surface area (Å²) in [6, 6.07) is 20.8. The number of benzene rings is 3. The van der Waals surface area contributed by atoms with Crippen molar-refractivity contribution in [2.75, 3.05) is 13.7 Å². The zero-order valence-corrected chi connectivity index (χ0v) is 15.9. The van der Waals surface area contributed by atoms with E-state index in [9.17, 15) is 9.59 Å². The zero-order valence-electron chi connectivity index (χ0n) is 15.9. The molecule has 5 rings (SSSR count). The molecular weight excluding hydrogens is 366 g/mol. The van der Waals surface area contributed by atoms with Gasteiger partial charge in [-0.3, -0.25) is 14.5 Å². The molecule has 29 heavy (non-hydrogen) atoms. The number of hydrogen-bond donors (Lipinski definition) is 0. The molecule has 0 radical (unpaired) electrons. The summed E-state index contributed by atoms with van der Waals surface area (Å²) in [6.45, 7) is 0.229. The highest BCUT2D eigenvalue weighted by Crippen LogP contribution is 2.42. The second kappa shape index (κ2) is 6.78. The van der Waals surface area contributed by atoms with Crippen LogP contribution in [0.4, 0.5) is 0 Å². The highest BCUT2D eigenvalue weighted by molar-refractivity contribution is 6.21. The van der Waals surface area contributed by atoms with E-state index in [0.29, 0.717) is 17.5 Å². The van der Waals surface area contributed by atoms with Crippen LogP contribution < -0.4 is 9.47 Å². The first kappa shape index (κ1) is 17.5. The third-order valence-corrected chi connectivity index (χ3v) is 5.49. The number of imide groups is 1. The van der Waals surface area contributed by atoms with E-state index in [1.54, 1.807) is 31.4 Å². The van der Waals surface area contributed by atoms with E-state index in [4.69, 9.17) is 9.47 Å². The smallest absolute Gasteiger partial charge is 0.261 e. The molecule has 5 nitrogen and oxygen atoms in total. The fourth-order valence-electron chi connectivity index (χ4n) is 4.13. The molecule has 144 valence electrons. The molecule has 3 aromatic carbocycles. The average Bonchev–Trinajstić information content (AvgIpc) is 3.28. The molecule has 3 aromatic rings. The zero-order chi connectivity index (χ0) is 20.0. The van der Waals surface area contributed by atoms with Gasteiger partial charge in [-0.1, -0.05) is 48.5 Å². The molecule has 0 saturated heterocycles. The fraction of sp³-hybridized carbons (Fsp3) is 0.167. The Morgan fingerprint density at radius 2 is 1.48 bits per heavy atom. The van der Waals surface area contributed by atoms with Gasteiger partial charge in [0.2, 0.25) is 0 Å². The summed E-state index contributed by atoms with van der Waals surface area (Å²) in [5.41, 5.74) is 3.89. The molecule has 2 aliphatic heterocycles. The quantitative estimate of drug-likeness (QED) is 0.638. The fourth-order valence-corrected chi connectivity index (χ4v) is 4.13. The van der Waals surface area contributed by atoms with Crippen LogP contribution in [0.25, 0.3) is 11.1 Å². The van der Waals surface area contributed by atoms with Crippen LogP contribution in [0.2, 0.25) is 0 Å². The Bertz CT molecular complexity index is 1100. The maximum Gasteiger partial charge on any atom is 0.261 e. The third-order valence-electron chi connectivity index (χ3n) is 5.49. The summed E-state index contributed by atoms with van der Waals surface area (Å²) in [5, 5.41) is 0. The number of fused-ring (bicyclic) bond motifs is 2. The predicted molar refractivity (Wildman–Crippen MR) is 108 cm³/mol. The first-order chi connectivity index (χ1) is 14.2. The van der Waals surface area contributed by atoms with Gasteiger partial charge in [-0.25, -0.2) is 0 Å². The van der Waals surface area contributed by atoms with Crippen molar-refractivity contribution in [3.8, 4) is 22.6 Å². The summed E-state index contributed by atoms with van der Waals surface area (Å²) in [4.78, 5) is 26.6. The van der Waals surface area contributed by atoms with Crippen molar-refractivity contribution in [2.45, 2.75) is 12.5 Å². The van der Waals surface area contributed by atoms with Crippen LogP contribution in [0.1, 0.15) is 26.3 Å². The van der Waals surface area contributed by atoms with Crippen LogP contribution in [0.5, 0.6) is 11.5 Å². The molecule has 2 heterocycles. The van der Waals surface area contributed by atoms with Crippen molar-refractivity contribution in [3.63, 3.8) is 0 Å². The van der Waals surface area contributed by atoms with Crippen LogP contribution in [-0.4, -0.2) is 36.5 Å². The van der Waals surface area contributed by atoms with Gasteiger partial charge in [0, 0.05) is 17.5 Å². The number of carbonyl (C=O) groups is 2. The maximum atomic E-state index is 12.7. The minimum atomic E-state index is -0.275. The number of para-hydroxylation sites is 2. The molecule has 2 amide bonds. The van der Waals surface area contributed by atoms with Crippen molar-refractivity contribution in [3.05, 3.63) is 83.4 Å². The summed E-state index contributed by atoms with van der Waals surface area (Å²) >= 11 is 0. The molecule has 0 bridgehead atoms. The summed E-state index contributed by atoms with van der Waals surface area (Å²) in [5.74, 6) is 1.05. The van der Waals surface area contributed by atoms with Crippen LogP contribution in [-0.2, 0) is 6.42 Å². The Hall–Kier alpha value is -3.60. The average molecular weight is 385 g/mol. The Kier molecular flexibility index (Phi) is 4.09. The predicted octanol–water partition coefficient (Wildman–Crippen LogP) is 3.96. The van der Waals surface area contributed by atoms with Gasteiger partial charge < -0.3 is 9.47 Å². The molecule has 0 fully saturated rings. The standard InChI is InChI=1S/C24H19NO4/c1-28-21-12-5-4-8-17(21)18-11-6-7-15-13-16(29-22(15)18)14-25-23(26)19-9-2-3-10-20(19)24(25)27/h2-12,16H,13-14H2,1H3. The van der Waals surface area contributed by atoms with Gasteiger partial charge in [0.1, 0.15) is 17.6 Å². The second-order valence-electron chi connectivity index (χ2n) is 7.20. The summed E-state index contributed by atoms with van der Waals surface area (Å²) in [6.07, 6.45) is 0.370. The molecule has 0 spiro atoms. The molecule has 1 atom stereocenters. The van der Waals surface area contributed by atoms with Gasteiger partial charge in [0.15, 0.2) is 0 Å². The molecule has 0 saturated carbocycles. The largest absolute Gasteiger partial charge is 0.496 e. The van der Waals surface area contributed by atoms with Crippen molar-refractivity contribution in [1.29, 1.82) is 0 Å². The minimum Gasteiger partial charge on any atom is -0.496 e. The van der Waals surface area contributed by atoms with E-state index in [0.717, 1.165) is 28.2 Å². The van der Waals surface area contributed by atoms with Crippen LogP contribution >= 0.6 is 0 Å². The number of rotatable bonds is 4. The lowest BCUT2D eigenvalue weighted by atomic mass is 10.00. The lowest BCUT2D eigenvalue weighted by Gasteiger charge is -2.19. The van der Waals surface area contributed by atoms with Crippen LogP contribution in [0, 0.1) is 0 Å². The second-order valence-corrected chi connectivity index (χ2v) is 7.20. The third kappa shape index (κ3) is 2.78. The molecule has 0 N–H and O–H groups in total. The number of carbonyl (C=O) groups excluding carboxylic acids is 2. The van der Waals surface area contributed by atoms with Gasteiger partial charge in [0.05, 0.1) is 24.8 Å². The SMILES string of the molecule is COc1ccccc1-c1cccc2c1OC(CN1C(=O)c3ccccc3C1=O)C2. The highest BCUT2D eigenvalue weighted by atomic mass is 16.5. The molecule has 0 aliphatic carbocycles. The van der Waals surface area contributed by atoms with Crippen molar-refractivity contribution in [2.24, 2.45) is 0 Å². The number of ether oxygens (including phenoxy) is 2. The first-order valence-electron chi connectivity index (χ1n) is 9.54. The number of nitrogens with zero attached hydrogens (tertiary/aromatic N) is 1. The molecular formula is C24H19NO4. The van der Waals surface area contributed by atoms with E-state index in [1.165, 1.54) is 4.90 Å². The number of methoxy groups -OCH3 is 1. The van der Waals surface area contributed by atoms with Crippen molar-refractivity contribution >= 4 is 11.8 Å². The number of amides is 2. The first-order valence-corrected chi connectivity index (χ1v) is 9.54. The molecule has 1 unspecified atom stereocenters. The monoisotopic (exact) mass is 385 g/mol. The van der Waals surface area contributed by atoms with E-state index < -0.39 is 0 Å². The van der Waals surface area contributed by atoms with E-state index in [2.05, 4.69) is 0 Å². The normalized spacial score (nSPS) is 17.1. The van der Waals surface area contributed by atoms with Gasteiger partial charge in [-0.05, 0) is 23.8 Å². The molecule has 5 heteroatoms. The van der Waals surface area contributed by atoms with Gasteiger partial charge in [0.25, 0.3) is 11.8 Å². The van der Waals surface area contributed by atoms with Crippen LogP contribution in [0.15, 0.2) is 66.7 Å². The van der Waals surface area contributed by atoms with Crippen LogP contribution in [0.3, 0.4) is 0 Å². The Morgan fingerprint density at radius 3 is 2.17 bits per heavy atom. The Balaban J connectivity index is 1.42. The van der Waals surface area contributed by atoms with Crippen molar-refractivity contribution in [1.82, 2.24) is 4.90 Å². The van der Waals surface area contributed by atoms with Crippen molar-refractivity contribution < 1.29 is 19.1 Å². The summed E-state index contributed by atoms with van der Waals surface area (Å²) in [7, 11) is 1.65. The van der Waals surface area contributed by atoms with E-state index in [-0.39, 0.29) is 24.5 Å². The minimum absolute atomic E-state index is 0.229. The lowest BCUT2D eigenvalue weighted by molar-refractivity contribution is 0.0588. The van der Waals surface area contributed by atoms with Gasteiger partial charge in [-0.15, -0.1) is 0 Å². The highest BCUT2D eigenvalue weighted by Gasteiger charge is 2.38. The Morgan fingerprint density at radius 1 is 0.862 bits per heavy atom. The van der Waals surface area contributed by atoms with Gasteiger partial charge in [-0.2, -0.15) is 0 Å². The van der Waals surface area contributed by atoms with E-state index >= 15 is 0 Å². The maximum absolute atomic E-state index is 12.7. The molecule has 2 aliphatic rings. The lowest BCUT2D eigenvalue weighted by Crippen LogP contribution is -2.38. The molecule has 0 aromatic heterocycles.